The summed E-state index contributed by atoms with van der Waals surface area (Å²) in [6.45, 7) is 13.4. The molecule has 1 amide bonds. The number of hydrogen-bond donors (Lipinski definition) is 2. The Hall–Kier alpha value is -2.37. The minimum atomic E-state index is -0.546. The highest BCUT2D eigenvalue weighted by atomic mass is 79.9. The lowest BCUT2D eigenvalue weighted by Crippen LogP contribution is -2.45. The summed E-state index contributed by atoms with van der Waals surface area (Å²) in [4.78, 5) is 20.5. The van der Waals surface area contributed by atoms with E-state index in [2.05, 4.69) is 47.9 Å². The van der Waals surface area contributed by atoms with Gasteiger partial charge in [-0.2, -0.15) is 0 Å². The monoisotopic (exact) mass is 624 g/mol. The fourth-order valence-electron chi connectivity index (χ4n) is 4.96. The van der Waals surface area contributed by atoms with Crippen LogP contribution in [0.5, 0.6) is 0 Å². The predicted molar refractivity (Wildman–Crippen MR) is 161 cm³/mol. The maximum absolute atomic E-state index is 14.5. The molecule has 0 aromatic rings. The van der Waals surface area contributed by atoms with E-state index in [9.17, 15) is 9.18 Å². The van der Waals surface area contributed by atoms with Crippen molar-refractivity contribution in [1.82, 2.24) is 25.8 Å². The maximum atomic E-state index is 14.5. The van der Waals surface area contributed by atoms with Crippen molar-refractivity contribution in [1.29, 1.82) is 0 Å². The van der Waals surface area contributed by atoms with Crippen molar-refractivity contribution < 1.29 is 18.7 Å². The first-order valence-corrected chi connectivity index (χ1v) is 15.0. The normalized spacial score (nSPS) is 24.3. The molecule has 1 atom stereocenters. The second kappa shape index (κ2) is 15.0. The third kappa shape index (κ3) is 9.62. The van der Waals surface area contributed by atoms with Gasteiger partial charge in [0.1, 0.15) is 18.0 Å². The van der Waals surface area contributed by atoms with E-state index in [0.717, 1.165) is 41.3 Å². The van der Waals surface area contributed by atoms with Crippen LogP contribution in [0.3, 0.4) is 0 Å². The fraction of sp³-hybridized carbons (Fsp3) is 0.655. The van der Waals surface area contributed by atoms with Gasteiger partial charge in [-0.15, -0.1) is 5.53 Å². The highest BCUT2D eigenvalue weighted by Crippen LogP contribution is 2.31. The molecule has 40 heavy (non-hydrogen) atoms. The molecule has 3 rings (SSSR count). The molecule has 0 aromatic carbocycles. The third-order valence-electron chi connectivity index (χ3n) is 7.06. The minimum Gasteiger partial charge on any atom is -0.496 e. The molecule has 0 radical (unpaired) electrons. The number of nitrogens with one attached hydrogen (secondary N) is 2. The lowest BCUT2D eigenvalue weighted by molar-refractivity contribution is 0.0181. The van der Waals surface area contributed by atoms with Gasteiger partial charge in [0.2, 0.25) is 0 Å². The van der Waals surface area contributed by atoms with Crippen LogP contribution in [0.2, 0.25) is 0 Å². The van der Waals surface area contributed by atoms with Gasteiger partial charge < -0.3 is 19.8 Å². The van der Waals surface area contributed by atoms with Crippen molar-refractivity contribution in [2.75, 3.05) is 46.4 Å². The summed E-state index contributed by atoms with van der Waals surface area (Å²) < 4.78 is 26.9. The number of aliphatic imine (C=N–C) groups is 1. The van der Waals surface area contributed by atoms with Crippen LogP contribution in [0.15, 0.2) is 50.7 Å². The van der Waals surface area contributed by atoms with E-state index in [1.165, 1.54) is 38.6 Å². The van der Waals surface area contributed by atoms with Crippen molar-refractivity contribution in [2.45, 2.75) is 71.9 Å². The molecule has 2 saturated heterocycles. The molecule has 0 aromatic heterocycles. The fourth-order valence-corrected chi connectivity index (χ4v) is 5.39. The summed E-state index contributed by atoms with van der Waals surface area (Å²) >= 11 is 3.68. The Bertz CT molecular complexity index is 1030. The molecule has 0 spiro atoms. The van der Waals surface area contributed by atoms with Crippen LogP contribution in [0.25, 0.3) is 0 Å². The third-order valence-corrected chi connectivity index (χ3v) is 7.68. The second-order valence-corrected chi connectivity index (χ2v) is 12.6. The van der Waals surface area contributed by atoms with Gasteiger partial charge in [0.15, 0.2) is 0 Å². The molecule has 0 unspecified atom stereocenters. The number of amides is 1. The lowest BCUT2D eigenvalue weighted by atomic mass is 9.85. The largest absolute Gasteiger partial charge is 0.496 e. The van der Waals surface area contributed by atoms with Crippen molar-refractivity contribution >= 4 is 28.2 Å². The molecule has 3 aliphatic rings. The van der Waals surface area contributed by atoms with Crippen LogP contribution in [-0.2, 0) is 9.47 Å². The number of ether oxygens (including phenoxy) is 2. The predicted octanol–water partition coefficient (Wildman–Crippen LogP) is 5.41. The van der Waals surface area contributed by atoms with E-state index >= 15 is 0 Å². The van der Waals surface area contributed by atoms with Gasteiger partial charge in [0.25, 0.3) is 0 Å². The van der Waals surface area contributed by atoms with Gasteiger partial charge in [-0.3, -0.25) is 14.9 Å². The van der Waals surface area contributed by atoms with Crippen molar-refractivity contribution in [2.24, 2.45) is 10.9 Å². The summed E-state index contributed by atoms with van der Waals surface area (Å²) in [6.07, 6.45) is 10.7. The highest BCUT2D eigenvalue weighted by molar-refractivity contribution is 9.11. The Morgan fingerprint density at radius 3 is 2.62 bits per heavy atom. The number of carbonyl (C=O) groups excluding carboxylic acids is 1. The lowest BCUT2D eigenvalue weighted by Gasteiger charge is -2.31. The summed E-state index contributed by atoms with van der Waals surface area (Å²) in [5.74, 6) is 0.271. The number of carbonyl (C=O) groups is 1. The number of allylic oxidation sites excluding steroid dienone is 2. The van der Waals surface area contributed by atoms with Gasteiger partial charge in [-0.25, -0.2) is 9.18 Å². The zero-order chi connectivity index (χ0) is 29.3. The number of hydrogen-bond acceptors (Lipinski definition) is 8. The molecule has 0 bridgehead atoms. The van der Waals surface area contributed by atoms with Gasteiger partial charge in [-0.1, -0.05) is 12.5 Å². The van der Waals surface area contributed by atoms with Crippen LogP contribution in [0.4, 0.5) is 9.18 Å². The van der Waals surface area contributed by atoms with Gasteiger partial charge in [0, 0.05) is 51.4 Å². The molecule has 1 aliphatic carbocycles. The molecular formula is C29H46BrFN6O3. The van der Waals surface area contributed by atoms with Crippen LogP contribution in [0, 0.1) is 5.92 Å². The summed E-state index contributed by atoms with van der Waals surface area (Å²) in [6, 6.07) is -0.0486. The quantitative estimate of drug-likeness (QED) is 0.202. The van der Waals surface area contributed by atoms with E-state index in [-0.39, 0.29) is 18.7 Å². The van der Waals surface area contributed by atoms with Gasteiger partial charge >= 0.3 is 6.09 Å². The van der Waals surface area contributed by atoms with E-state index in [1.807, 2.05) is 34.6 Å². The van der Waals surface area contributed by atoms with E-state index in [0.29, 0.717) is 25.2 Å². The molecule has 11 heteroatoms. The molecule has 2 aliphatic heterocycles. The SMILES string of the molecule is C/C=C1\C(=C(\Br)CO/C=C(/C=C(/F)C=NC)CN2CCCN(C(=O)OC(C)(C)C)[C@H](C)C2)NNN1CC1CCC1. The molecule has 1 saturated carbocycles. The van der Waals surface area contributed by atoms with E-state index in [1.54, 1.807) is 11.2 Å². The van der Waals surface area contributed by atoms with E-state index < -0.39 is 11.4 Å². The Labute approximate surface area is 247 Å². The zero-order valence-corrected chi connectivity index (χ0v) is 26.4. The van der Waals surface area contributed by atoms with E-state index in [4.69, 9.17) is 9.47 Å². The number of hydrazine groups is 2. The first-order chi connectivity index (χ1) is 19.0. The summed E-state index contributed by atoms with van der Waals surface area (Å²) in [5, 5.41) is 2.14. The first kappa shape index (κ1) is 32.1. The average Bonchev–Trinajstić information content (AvgIpc) is 3.15. The summed E-state index contributed by atoms with van der Waals surface area (Å²) in [5.41, 5.74) is 8.64. The van der Waals surface area contributed by atoms with Crippen LogP contribution >= 0.6 is 15.9 Å². The molecule has 2 heterocycles. The van der Waals surface area contributed by atoms with Crippen LogP contribution in [0.1, 0.15) is 60.3 Å². The van der Waals surface area contributed by atoms with Crippen LogP contribution in [-0.4, -0.2) is 85.1 Å². The highest BCUT2D eigenvalue weighted by Gasteiger charge is 2.30. The van der Waals surface area contributed by atoms with Crippen molar-refractivity contribution in [3.05, 3.63) is 45.7 Å². The number of nitrogens with zero attached hydrogens (tertiary/aromatic N) is 4. The Kier molecular flexibility index (Phi) is 12.1. The Morgan fingerprint density at radius 1 is 1.25 bits per heavy atom. The van der Waals surface area contributed by atoms with Gasteiger partial charge in [0.05, 0.1) is 28.4 Å². The van der Waals surface area contributed by atoms with Gasteiger partial charge in [-0.05, 0) is 81.8 Å². The van der Waals surface area contributed by atoms with Crippen molar-refractivity contribution in [3.63, 3.8) is 0 Å². The standard InChI is InChI=1S/C29H46BrFN6O3/c1-7-26-27(33-34-37(26)18-22-10-8-11-22)25(30)20-39-19-23(14-24(31)15-32-6)17-35-12-9-13-36(21(2)16-35)28(38)40-29(3,4)5/h7,14-15,19,21-22,33-34H,8-13,16-18,20H2,1-6H3/b23-19-,24-14+,26-7+,27-25-,32-15?/t21-/m1/s1. The molecular weight excluding hydrogens is 579 g/mol. The Morgan fingerprint density at radius 2 is 2.00 bits per heavy atom. The summed E-state index contributed by atoms with van der Waals surface area (Å²) in [7, 11) is 1.54. The number of rotatable bonds is 9. The topological polar surface area (TPSA) is 81.7 Å². The smallest absolute Gasteiger partial charge is 0.410 e. The first-order valence-electron chi connectivity index (χ1n) is 14.2. The average molecular weight is 626 g/mol. The molecule has 3 fully saturated rings. The Balaban J connectivity index is 1.66. The van der Waals surface area contributed by atoms with Crippen molar-refractivity contribution in [3.8, 4) is 0 Å². The molecule has 9 nitrogen and oxygen atoms in total. The maximum Gasteiger partial charge on any atom is 0.410 e. The molecule has 2 N–H and O–H groups in total. The zero-order valence-electron chi connectivity index (χ0n) is 24.8. The number of halogens is 2. The minimum absolute atomic E-state index is 0.0486. The second-order valence-electron chi connectivity index (χ2n) is 11.6. The van der Waals surface area contributed by atoms with Crippen LogP contribution < -0.4 is 11.0 Å². The molecule has 224 valence electrons.